The first-order valence-corrected chi connectivity index (χ1v) is 8.02. The van der Waals surface area contributed by atoms with Gasteiger partial charge in [0, 0.05) is 31.3 Å². The third-order valence-corrected chi connectivity index (χ3v) is 4.55. The number of ether oxygens (including phenoxy) is 1. The molecule has 4 heteroatoms. The molecule has 1 aromatic carbocycles. The summed E-state index contributed by atoms with van der Waals surface area (Å²) in [6.45, 7) is 1.57. The van der Waals surface area contributed by atoms with Gasteiger partial charge >= 0.3 is 0 Å². The first-order chi connectivity index (χ1) is 10.3. The van der Waals surface area contributed by atoms with Gasteiger partial charge in [0.05, 0.1) is 6.10 Å². The van der Waals surface area contributed by atoms with E-state index in [0.717, 1.165) is 50.1 Å². The standard InChI is InChI=1S/C17H24N2O2/c18-15-10-11-19(16-7-2-1-6-14(15)16)17(20)9-8-13-5-3-4-12-21-13/h1-2,6-7,13,15H,3-5,8-12,18H2. The van der Waals surface area contributed by atoms with Crippen LogP contribution < -0.4 is 10.6 Å². The van der Waals surface area contributed by atoms with Gasteiger partial charge in [0.25, 0.3) is 0 Å². The highest BCUT2D eigenvalue weighted by Gasteiger charge is 2.26. The van der Waals surface area contributed by atoms with Crippen molar-refractivity contribution in [1.82, 2.24) is 0 Å². The Morgan fingerprint density at radius 1 is 1.29 bits per heavy atom. The van der Waals surface area contributed by atoms with Crippen LogP contribution in [0.5, 0.6) is 0 Å². The monoisotopic (exact) mass is 288 g/mol. The van der Waals surface area contributed by atoms with Gasteiger partial charge in [0.2, 0.25) is 5.91 Å². The van der Waals surface area contributed by atoms with E-state index >= 15 is 0 Å². The normalized spacial score (nSPS) is 25.5. The van der Waals surface area contributed by atoms with Crippen LogP contribution in [-0.4, -0.2) is 25.2 Å². The molecular formula is C17H24N2O2. The number of fused-ring (bicyclic) bond motifs is 1. The molecule has 2 unspecified atom stereocenters. The van der Waals surface area contributed by atoms with Gasteiger partial charge in [-0.05, 0) is 43.7 Å². The number of para-hydroxylation sites is 1. The van der Waals surface area contributed by atoms with E-state index < -0.39 is 0 Å². The first-order valence-electron chi connectivity index (χ1n) is 8.02. The van der Waals surface area contributed by atoms with Crippen molar-refractivity contribution in [2.24, 2.45) is 5.73 Å². The first kappa shape index (κ1) is 14.5. The summed E-state index contributed by atoms with van der Waals surface area (Å²) >= 11 is 0. The molecule has 3 rings (SSSR count). The van der Waals surface area contributed by atoms with Crippen molar-refractivity contribution in [3.63, 3.8) is 0 Å². The lowest BCUT2D eigenvalue weighted by atomic mass is 9.96. The van der Waals surface area contributed by atoms with Gasteiger partial charge in [0.15, 0.2) is 0 Å². The predicted octanol–water partition coefficient (Wildman–Crippen LogP) is 2.77. The summed E-state index contributed by atoms with van der Waals surface area (Å²) in [6, 6.07) is 8.05. The molecule has 114 valence electrons. The topological polar surface area (TPSA) is 55.6 Å². The Balaban J connectivity index is 1.63. The quantitative estimate of drug-likeness (QED) is 0.930. The fourth-order valence-electron chi connectivity index (χ4n) is 3.30. The molecule has 0 spiro atoms. The number of carbonyl (C=O) groups excluding carboxylic acids is 1. The number of hydrogen-bond donors (Lipinski definition) is 1. The van der Waals surface area contributed by atoms with Crippen LogP contribution in [-0.2, 0) is 9.53 Å². The molecule has 2 aliphatic rings. The Bertz CT molecular complexity index is 497. The molecular weight excluding hydrogens is 264 g/mol. The molecule has 2 aliphatic heterocycles. The van der Waals surface area contributed by atoms with Gasteiger partial charge in [-0.25, -0.2) is 0 Å². The zero-order valence-electron chi connectivity index (χ0n) is 12.5. The third-order valence-electron chi connectivity index (χ3n) is 4.55. The summed E-state index contributed by atoms with van der Waals surface area (Å²) in [6.07, 6.45) is 5.97. The second-order valence-electron chi connectivity index (χ2n) is 6.03. The molecule has 1 amide bonds. The molecule has 2 N–H and O–H groups in total. The summed E-state index contributed by atoms with van der Waals surface area (Å²) in [5, 5.41) is 0. The second kappa shape index (κ2) is 6.58. The van der Waals surface area contributed by atoms with Crippen molar-refractivity contribution in [3.8, 4) is 0 Å². The van der Waals surface area contributed by atoms with Crippen molar-refractivity contribution in [2.45, 2.75) is 50.7 Å². The zero-order chi connectivity index (χ0) is 14.7. The average Bonchev–Trinajstić information content (AvgIpc) is 2.54. The van der Waals surface area contributed by atoms with E-state index in [9.17, 15) is 4.79 Å². The van der Waals surface area contributed by atoms with Crippen LogP contribution in [0.15, 0.2) is 24.3 Å². The molecule has 0 saturated carbocycles. The molecule has 1 saturated heterocycles. The molecule has 2 heterocycles. The summed E-state index contributed by atoms with van der Waals surface area (Å²) in [5.41, 5.74) is 8.22. The van der Waals surface area contributed by atoms with Crippen LogP contribution in [0.1, 0.15) is 50.1 Å². The minimum absolute atomic E-state index is 0.0481. The van der Waals surface area contributed by atoms with Crippen LogP contribution in [0.4, 0.5) is 5.69 Å². The SMILES string of the molecule is NC1CCN(C(=O)CCC2CCCCO2)c2ccccc21. The Hall–Kier alpha value is -1.39. The van der Waals surface area contributed by atoms with Gasteiger partial charge in [-0.1, -0.05) is 18.2 Å². The molecule has 0 radical (unpaired) electrons. The highest BCUT2D eigenvalue weighted by atomic mass is 16.5. The molecule has 2 atom stereocenters. The van der Waals surface area contributed by atoms with Crippen LogP contribution in [0, 0.1) is 0 Å². The fourth-order valence-corrected chi connectivity index (χ4v) is 3.30. The van der Waals surface area contributed by atoms with Gasteiger partial charge in [-0.3, -0.25) is 4.79 Å². The van der Waals surface area contributed by atoms with Crippen molar-refractivity contribution in [3.05, 3.63) is 29.8 Å². The van der Waals surface area contributed by atoms with E-state index in [1.54, 1.807) is 0 Å². The highest BCUT2D eigenvalue weighted by Crippen LogP contribution is 2.32. The lowest BCUT2D eigenvalue weighted by Gasteiger charge is -2.33. The van der Waals surface area contributed by atoms with Crippen molar-refractivity contribution < 1.29 is 9.53 Å². The maximum absolute atomic E-state index is 12.5. The summed E-state index contributed by atoms with van der Waals surface area (Å²) in [4.78, 5) is 14.4. The van der Waals surface area contributed by atoms with Crippen molar-refractivity contribution in [2.75, 3.05) is 18.1 Å². The number of carbonyl (C=O) groups is 1. The molecule has 0 aliphatic carbocycles. The molecule has 0 bridgehead atoms. The number of nitrogens with two attached hydrogens (primary N) is 1. The van der Waals surface area contributed by atoms with Crippen molar-refractivity contribution in [1.29, 1.82) is 0 Å². The second-order valence-corrected chi connectivity index (χ2v) is 6.03. The average molecular weight is 288 g/mol. The van der Waals surface area contributed by atoms with E-state index in [2.05, 4.69) is 0 Å². The summed E-state index contributed by atoms with van der Waals surface area (Å²) in [5.74, 6) is 0.198. The number of amides is 1. The molecule has 21 heavy (non-hydrogen) atoms. The van der Waals surface area contributed by atoms with Gasteiger partial charge in [-0.2, -0.15) is 0 Å². The van der Waals surface area contributed by atoms with Crippen LogP contribution >= 0.6 is 0 Å². The van der Waals surface area contributed by atoms with Gasteiger partial charge < -0.3 is 15.4 Å². The fraction of sp³-hybridized carbons (Fsp3) is 0.588. The Morgan fingerprint density at radius 3 is 2.95 bits per heavy atom. The Morgan fingerprint density at radius 2 is 2.14 bits per heavy atom. The minimum Gasteiger partial charge on any atom is -0.378 e. The minimum atomic E-state index is 0.0481. The van der Waals surface area contributed by atoms with E-state index in [0.29, 0.717) is 6.42 Å². The Labute approximate surface area is 126 Å². The lowest BCUT2D eigenvalue weighted by Crippen LogP contribution is -2.38. The molecule has 0 aromatic heterocycles. The summed E-state index contributed by atoms with van der Waals surface area (Å²) in [7, 11) is 0. The zero-order valence-corrected chi connectivity index (χ0v) is 12.5. The summed E-state index contributed by atoms with van der Waals surface area (Å²) < 4.78 is 5.71. The van der Waals surface area contributed by atoms with Crippen molar-refractivity contribution >= 4 is 11.6 Å². The van der Waals surface area contributed by atoms with Crippen LogP contribution in [0.2, 0.25) is 0 Å². The van der Waals surface area contributed by atoms with Crippen LogP contribution in [0.25, 0.3) is 0 Å². The smallest absolute Gasteiger partial charge is 0.227 e. The molecule has 4 nitrogen and oxygen atoms in total. The van der Waals surface area contributed by atoms with E-state index in [4.69, 9.17) is 10.5 Å². The highest BCUT2D eigenvalue weighted by molar-refractivity contribution is 5.94. The van der Waals surface area contributed by atoms with E-state index in [1.807, 2.05) is 29.2 Å². The lowest BCUT2D eigenvalue weighted by molar-refractivity contribution is -0.119. The van der Waals surface area contributed by atoms with Gasteiger partial charge in [-0.15, -0.1) is 0 Å². The third kappa shape index (κ3) is 3.27. The maximum Gasteiger partial charge on any atom is 0.227 e. The number of benzene rings is 1. The van der Waals surface area contributed by atoms with E-state index in [1.165, 1.54) is 6.42 Å². The largest absolute Gasteiger partial charge is 0.378 e. The number of anilines is 1. The number of rotatable bonds is 3. The molecule has 1 fully saturated rings. The van der Waals surface area contributed by atoms with E-state index in [-0.39, 0.29) is 18.1 Å². The predicted molar refractivity (Wildman–Crippen MR) is 83.2 cm³/mol. The Kier molecular flexibility index (Phi) is 4.56. The molecule has 1 aromatic rings. The van der Waals surface area contributed by atoms with Gasteiger partial charge in [0.1, 0.15) is 0 Å². The maximum atomic E-state index is 12.5. The number of hydrogen-bond acceptors (Lipinski definition) is 3. The number of nitrogens with zero attached hydrogens (tertiary/aromatic N) is 1. The van der Waals surface area contributed by atoms with Crippen LogP contribution in [0.3, 0.4) is 0 Å².